The fraction of sp³-hybridized carbons (Fsp3) is 0.600. The van der Waals surface area contributed by atoms with Gasteiger partial charge in [-0.2, -0.15) is 0 Å². The van der Waals surface area contributed by atoms with Gasteiger partial charge in [0, 0.05) is 18.2 Å². The summed E-state index contributed by atoms with van der Waals surface area (Å²) in [5, 5.41) is 9.99. The number of benzene rings is 1. The van der Waals surface area contributed by atoms with Gasteiger partial charge in [-0.3, -0.25) is 4.90 Å². The molecule has 0 aliphatic carbocycles. The lowest BCUT2D eigenvalue weighted by Crippen LogP contribution is -2.46. The maximum Gasteiger partial charge on any atom is 0.128 e. The first kappa shape index (κ1) is 16.1. The van der Waals surface area contributed by atoms with Crippen molar-refractivity contribution in [2.45, 2.75) is 45.4 Å². The van der Waals surface area contributed by atoms with E-state index in [-0.39, 0.29) is 17.9 Å². The number of likely N-dealkylation sites (N-methyl/N-ethyl adjacent to an activating group) is 1. The first-order valence-corrected chi connectivity index (χ1v) is 6.72. The average molecular weight is 268 g/mol. The number of hydrogen-bond donors (Lipinski definition) is 2. The maximum atomic E-state index is 14.0. The molecule has 0 aliphatic rings. The van der Waals surface area contributed by atoms with Crippen LogP contribution in [0, 0.1) is 5.82 Å². The van der Waals surface area contributed by atoms with Crippen LogP contribution < -0.4 is 5.73 Å². The second kappa shape index (κ2) is 6.46. The Labute approximate surface area is 115 Å². The van der Waals surface area contributed by atoms with Crippen molar-refractivity contribution in [3.63, 3.8) is 0 Å². The van der Waals surface area contributed by atoms with Gasteiger partial charge >= 0.3 is 0 Å². The summed E-state index contributed by atoms with van der Waals surface area (Å²) in [7, 11) is 0. The predicted octanol–water partition coefficient (Wildman–Crippen LogP) is 2.31. The molecule has 0 bridgehead atoms. The third-order valence-electron chi connectivity index (χ3n) is 3.11. The summed E-state index contributed by atoms with van der Waals surface area (Å²) in [6.45, 7) is 8.49. The van der Waals surface area contributed by atoms with E-state index in [1.54, 1.807) is 26.0 Å². The van der Waals surface area contributed by atoms with E-state index in [0.29, 0.717) is 18.7 Å². The molecule has 0 aliphatic heterocycles. The molecular formula is C15H25FN2O. The summed E-state index contributed by atoms with van der Waals surface area (Å²) in [6, 6.07) is 6.23. The SMILES string of the molecule is CCN(CC(C)(C)O)C(c1ccccc1F)C(C)N. The molecule has 0 heterocycles. The van der Waals surface area contributed by atoms with Crippen LogP contribution in [0.5, 0.6) is 0 Å². The molecule has 4 heteroatoms. The van der Waals surface area contributed by atoms with Crippen LogP contribution in [0.3, 0.4) is 0 Å². The van der Waals surface area contributed by atoms with Gasteiger partial charge in [0.25, 0.3) is 0 Å². The number of rotatable bonds is 6. The fourth-order valence-electron chi connectivity index (χ4n) is 2.43. The van der Waals surface area contributed by atoms with Crippen LogP contribution >= 0.6 is 0 Å². The lowest BCUT2D eigenvalue weighted by atomic mass is 9.97. The van der Waals surface area contributed by atoms with E-state index in [1.165, 1.54) is 6.07 Å². The second-order valence-corrected chi connectivity index (χ2v) is 5.70. The topological polar surface area (TPSA) is 49.5 Å². The van der Waals surface area contributed by atoms with Crippen LogP contribution in [0.15, 0.2) is 24.3 Å². The molecule has 1 aromatic carbocycles. The zero-order valence-corrected chi connectivity index (χ0v) is 12.2. The normalized spacial score (nSPS) is 15.6. The molecule has 3 nitrogen and oxygen atoms in total. The van der Waals surface area contributed by atoms with E-state index in [9.17, 15) is 9.50 Å². The Balaban J connectivity index is 3.09. The number of halogens is 1. The zero-order chi connectivity index (χ0) is 14.6. The first-order valence-electron chi connectivity index (χ1n) is 6.72. The Morgan fingerprint density at radius 2 is 1.95 bits per heavy atom. The summed E-state index contributed by atoms with van der Waals surface area (Å²) in [5.74, 6) is -0.251. The van der Waals surface area contributed by atoms with E-state index in [0.717, 1.165) is 0 Å². The largest absolute Gasteiger partial charge is 0.389 e. The molecule has 19 heavy (non-hydrogen) atoms. The van der Waals surface area contributed by atoms with Crippen molar-refractivity contribution in [3.05, 3.63) is 35.6 Å². The molecule has 0 aromatic heterocycles. The molecule has 2 unspecified atom stereocenters. The van der Waals surface area contributed by atoms with Crippen molar-refractivity contribution in [3.8, 4) is 0 Å². The van der Waals surface area contributed by atoms with Gasteiger partial charge in [-0.15, -0.1) is 0 Å². The van der Waals surface area contributed by atoms with Crippen LogP contribution in [-0.2, 0) is 0 Å². The summed E-state index contributed by atoms with van der Waals surface area (Å²) >= 11 is 0. The molecular weight excluding hydrogens is 243 g/mol. The van der Waals surface area contributed by atoms with Crippen LogP contribution in [0.1, 0.15) is 39.3 Å². The smallest absolute Gasteiger partial charge is 0.128 e. The molecule has 0 amide bonds. The van der Waals surface area contributed by atoms with Gasteiger partial charge in [-0.25, -0.2) is 4.39 Å². The van der Waals surface area contributed by atoms with E-state index >= 15 is 0 Å². The van der Waals surface area contributed by atoms with Crippen LogP contribution in [0.4, 0.5) is 4.39 Å². The quantitative estimate of drug-likeness (QED) is 0.832. The van der Waals surface area contributed by atoms with Crippen molar-refractivity contribution in [2.75, 3.05) is 13.1 Å². The fourth-order valence-corrected chi connectivity index (χ4v) is 2.43. The minimum absolute atomic E-state index is 0.223. The lowest BCUT2D eigenvalue weighted by molar-refractivity contribution is 0.0181. The summed E-state index contributed by atoms with van der Waals surface area (Å²) in [4.78, 5) is 2.02. The van der Waals surface area contributed by atoms with Crippen molar-refractivity contribution in [1.29, 1.82) is 0 Å². The third-order valence-corrected chi connectivity index (χ3v) is 3.11. The van der Waals surface area contributed by atoms with Crippen LogP contribution in [-0.4, -0.2) is 34.7 Å². The van der Waals surface area contributed by atoms with E-state index < -0.39 is 5.60 Å². The van der Waals surface area contributed by atoms with E-state index in [1.807, 2.05) is 24.8 Å². The van der Waals surface area contributed by atoms with Gasteiger partial charge in [-0.1, -0.05) is 25.1 Å². The molecule has 1 rings (SSSR count). The van der Waals surface area contributed by atoms with Gasteiger partial charge in [0.2, 0.25) is 0 Å². The predicted molar refractivity (Wildman–Crippen MR) is 76.3 cm³/mol. The number of nitrogens with two attached hydrogens (primary N) is 1. The highest BCUT2D eigenvalue weighted by atomic mass is 19.1. The molecule has 0 saturated carbocycles. The van der Waals surface area contributed by atoms with Gasteiger partial charge in [0.1, 0.15) is 5.82 Å². The van der Waals surface area contributed by atoms with E-state index in [2.05, 4.69) is 0 Å². The van der Waals surface area contributed by atoms with Crippen LogP contribution in [0.25, 0.3) is 0 Å². The summed E-state index contributed by atoms with van der Waals surface area (Å²) < 4.78 is 14.0. The maximum absolute atomic E-state index is 14.0. The number of hydrogen-bond acceptors (Lipinski definition) is 3. The highest BCUT2D eigenvalue weighted by molar-refractivity contribution is 5.22. The Morgan fingerprint density at radius 1 is 1.37 bits per heavy atom. The lowest BCUT2D eigenvalue weighted by Gasteiger charge is -2.37. The van der Waals surface area contributed by atoms with Crippen LogP contribution in [0.2, 0.25) is 0 Å². The Bertz CT molecular complexity index is 401. The van der Waals surface area contributed by atoms with Gasteiger partial charge in [0.05, 0.1) is 11.6 Å². The minimum Gasteiger partial charge on any atom is -0.389 e. The number of aliphatic hydroxyl groups is 1. The average Bonchev–Trinajstić information content (AvgIpc) is 2.28. The Hall–Kier alpha value is -0.970. The monoisotopic (exact) mass is 268 g/mol. The van der Waals surface area contributed by atoms with Gasteiger partial charge < -0.3 is 10.8 Å². The van der Waals surface area contributed by atoms with Crippen molar-refractivity contribution in [1.82, 2.24) is 4.90 Å². The standard InChI is InChI=1S/C15H25FN2O/c1-5-18(10-15(3,4)19)14(11(2)17)12-8-6-7-9-13(12)16/h6-9,11,14,19H,5,10,17H2,1-4H3. The summed E-state index contributed by atoms with van der Waals surface area (Å²) in [5.41, 5.74) is 5.79. The highest BCUT2D eigenvalue weighted by Gasteiger charge is 2.29. The Morgan fingerprint density at radius 3 is 2.37 bits per heavy atom. The molecule has 2 atom stereocenters. The Kier molecular flexibility index (Phi) is 5.47. The van der Waals surface area contributed by atoms with Crippen molar-refractivity contribution < 1.29 is 9.50 Å². The molecule has 3 N–H and O–H groups in total. The molecule has 1 aromatic rings. The molecule has 0 fully saturated rings. The minimum atomic E-state index is -0.839. The van der Waals surface area contributed by atoms with Crippen molar-refractivity contribution in [2.24, 2.45) is 5.73 Å². The molecule has 108 valence electrons. The molecule has 0 radical (unpaired) electrons. The second-order valence-electron chi connectivity index (χ2n) is 5.70. The first-order chi connectivity index (χ1) is 8.76. The molecule has 0 spiro atoms. The highest BCUT2D eigenvalue weighted by Crippen LogP contribution is 2.27. The third kappa shape index (κ3) is 4.56. The van der Waals surface area contributed by atoms with Crippen molar-refractivity contribution >= 4 is 0 Å². The van der Waals surface area contributed by atoms with Gasteiger partial charge in [0.15, 0.2) is 0 Å². The number of nitrogens with zero attached hydrogens (tertiary/aromatic N) is 1. The summed E-state index contributed by atoms with van der Waals surface area (Å²) in [6.07, 6.45) is 0. The van der Waals surface area contributed by atoms with Gasteiger partial charge in [-0.05, 0) is 33.4 Å². The molecule has 0 saturated heterocycles. The van der Waals surface area contributed by atoms with E-state index in [4.69, 9.17) is 5.73 Å². The zero-order valence-electron chi connectivity index (χ0n) is 12.2.